The summed E-state index contributed by atoms with van der Waals surface area (Å²) in [6.07, 6.45) is 3.32. The zero-order chi connectivity index (χ0) is 17.2. The van der Waals surface area contributed by atoms with Gasteiger partial charge in [-0.1, -0.05) is 44.2 Å². The van der Waals surface area contributed by atoms with Crippen LogP contribution in [0.25, 0.3) is 11.1 Å². The molecule has 2 nitrogen and oxygen atoms in total. The van der Waals surface area contributed by atoms with Crippen LogP contribution in [-0.4, -0.2) is 24.6 Å². The van der Waals surface area contributed by atoms with Crippen LogP contribution in [0.2, 0.25) is 0 Å². The molecule has 5 rings (SSSR count). The van der Waals surface area contributed by atoms with Gasteiger partial charge in [0, 0.05) is 19.2 Å². The fourth-order valence-electron chi connectivity index (χ4n) is 5.72. The predicted octanol–water partition coefficient (Wildman–Crippen LogP) is 4.83. The Morgan fingerprint density at radius 2 is 1.88 bits per heavy atom. The Hall–Kier alpha value is -1.64. The summed E-state index contributed by atoms with van der Waals surface area (Å²) in [6, 6.07) is 12.2. The summed E-state index contributed by atoms with van der Waals surface area (Å²) in [6.45, 7) is 9.77. The van der Waals surface area contributed by atoms with Crippen LogP contribution >= 0.6 is 0 Å². The lowest BCUT2D eigenvalue weighted by atomic mass is 9.77. The molecular weight excluding hydrogens is 306 g/mol. The first-order valence-corrected chi connectivity index (χ1v) is 9.92. The summed E-state index contributed by atoms with van der Waals surface area (Å²) in [5.41, 5.74) is 10.3. The SMILES string of the molecule is CCO[C@@]1(CC)c2cccc3c2-c2c1ccc1c2[C@@H](C3)N(CC)CC1. The van der Waals surface area contributed by atoms with Crippen LogP contribution in [0, 0.1) is 0 Å². The molecule has 130 valence electrons. The van der Waals surface area contributed by atoms with E-state index in [0.29, 0.717) is 6.04 Å². The maximum Gasteiger partial charge on any atom is 0.119 e. The summed E-state index contributed by atoms with van der Waals surface area (Å²) in [7, 11) is 0. The second-order valence-corrected chi connectivity index (χ2v) is 7.61. The van der Waals surface area contributed by atoms with E-state index < -0.39 is 0 Å². The van der Waals surface area contributed by atoms with Crippen molar-refractivity contribution < 1.29 is 4.74 Å². The molecule has 0 radical (unpaired) electrons. The van der Waals surface area contributed by atoms with Gasteiger partial charge >= 0.3 is 0 Å². The Morgan fingerprint density at radius 1 is 1.04 bits per heavy atom. The molecule has 0 bridgehead atoms. The second-order valence-electron chi connectivity index (χ2n) is 7.61. The minimum Gasteiger partial charge on any atom is -0.366 e. The van der Waals surface area contributed by atoms with E-state index in [1.807, 2.05) is 0 Å². The van der Waals surface area contributed by atoms with Gasteiger partial charge in [0.25, 0.3) is 0 Å². The van der Waals surface area contributed by atoms with Crippen LogP contribution in [0.3, 0.4) is 0 Å². The Kier molecular flexibility index (Phi) is 3.39. The van der Waals surface area contributed by atoms with Crippen LogP contribution in [0.4, 0.5) is 0 Å². The van der Waals surface area contributed by atoms with Crippen molar-refractivity contribution in [1.82, 2.24) is 4.90 Å². The van der Waals surface area contributed by atoms with Crippen molar-refractivity contribution in [3.05, 3.63) is 58.1 Å². The third kappa shape index (κ3) is 1.82. The van der Waals surface area contributed by atoms with Crippen molar-refractivity contribution in [2.75, 3.05) is 19.7 Å². The van der Waals surface area contributed by atoms with Gasteiger partial charge in [0.1, 0.15) is 5.60 Å². The summed E-state index contributed by atoms with van der Waals surface area (Å²) < 4.78 is 6.50. The quantitative estimate of drug-likeness (QED) is 0.794. The molecule has 3 aliphatic rings. The molecule has 0 saturated carbocycles. The van der Waals surface area contributed by atoms with Gasteiger partial charge in [-0.3, -0.25) is 4.90 Å². The molecule has 0 N–H and O–H groups in total. The highest BCUT2D eigenvalue weighted by Crippen LogP contribution is 2.58. The van der Waals surface area contributed by atoms with Crippen molar-refractivity contribution in [3.8, 4) is 11.1 Å². The molecule has 2 atom stereocenters. The summed E-state index contributed by atoms with van der Waals surface area (Å²) in [5.74, 6) is 0. The first-order chi connectivity index (χ1) is 12.2. The maximum atomic E-state index is 6.50. The van der Waals surface area contributed by atoms with Crippen LogP contribution in [0.1, 0.15) is 61.1 Å². The molecule has 2 aromatic rings. The van der Waals surface area contributed by atoms with Crippen molar-refractivity contribution in [3.63, 3.8) is 0 Å². The lowest BCUT2D eigenvalue weighted by molar-refractivity contribution is -0.0106. The van der Waals surface area contributed by atoms with E-state index in [2.05, 4.69) is 56.0 Å². The van der Waals surface area contributed by atoms with E-state index in [-0.39, 0.29) is 5.60 Å². The molecule has 0 fully saturated rings. The smallest absolute Gasteiger partial charge is 0.119 e. The van der Waals surface area contributed by atoms with Gasteiger partial charge in [-0.25, -0.2) is 0 Å². The molecule has 1 heterocycles. The van der Waals surface area contributed by atoms with E-state index in [9.17, 15) is 0 Å². The Balaban J connectivity index is 1.87. The summed E-state index contributed by atoms with van der Waals surface area (Å²) in [4.78, 5) is 2.67. The average molecular weight is 333 g/mol. The van der Waals surface area contributed by atoms with Crippen LogP contribution < -0.4 is 0 Å². The average Bonchev–Trinajstić information content (AvgIpc) is 2.94. The highest BCUT2D eigenvalue weighted by Gasteiger charge is 2.48. The first kappa shape index (κ1) is 15.6. The Labute approximate surface area is 150 Å². The number of likely N-dealkylation sites (N-methyl/N-ethyl adjacent to an activating group) is 1. The lowest BCUT2D eigenvalue weighted by Crippen LogP contribution is -2.38. The molecule has 2 aliphatic carbocycles. The number of hydrogen-bond acceptors (Lipinski definition) is 2. The standard InChI is InChI=1S/C23H27NO/c1-4-23(25-6-3)17-9-7-8-16-14-19-21-15(12-13-24(19)5-2)10-11-18(23)22(21)20(16)17/h7-11,19H,4-6,12-14H2,1-3H3/t19-,23+/m1/s1. The minimum atomic E-state index is -0.256. The third-order valence-electron chi connectivity index (χ3n) is 6.76. The third-order valence-corrected chi connectivity index (χ3v) is 6.76. The predicted molar refractivity (Wildman–Crippen MR) is 102 cm³/mol. The lowest BCUT2D eigenvalue weighted by Gasteiger charge is -2.41. The Morgan fingerprint density at radius 3 is 2.64 bits per heavy atom. The maximum absolute atomic E-state index is 6.50. The molecule has 1 aliphatic heterocycles. The van der Waals surface area contributed by atoms with Crippen molar-refractivity contribution in [2.45, 2.75) is 51.7 Å². The molecular formula is C23H27NO. The molecule has 0 amide bonds. The van der Waals surface area contributed by atoms with Gasteiger partial charge in [-0.15, -0.1) is 0 Å². The normalized spacial score (nSPS) is 26.0. The van der Waals surface area contributed by atoms with Crippen molar-refractivity contribution in [1.29, 1.82) is 0 Å². The van der Waals surface area contributed by atoms with Crippen molar-refractivity contribution in [2.24, 2.45) is 0 Å². The zero-order valence-electron chi connectivity index (χ0n) is 15.6. The van der Waals surface area contributed by atoms with Gasteiger partial charge in [-0.05, 0) is 71.7 Å². The van der Waals surface area contributed by atoms with Gasteiger partial charge in [0.2, 0.25) is 0 Å². The molecule has 0 unspecified atom stereocenters. The van der Waals surface area contributed by atoms with E-state index in [0.717, 1.165) is 26.0 Å². The second kappa shape index (κ2) is 5.43. The number of benzene rings is 2. The monoisotopic (exact) mass is 333 g/mol. The van der Waals surface area contributed by atoms with Crippen molar-refractivity contribution >= 4 is 0 Å². The molecule has 0 aromatic heterocycles. The van der Waals surface area contributed by atoms with E-state index >= 15 is 0 Å². The molecule has 2 heteroatoms. The highest BCUT2D eigenvalue weighted by atomic mass is 16.5. The fourth-order valence-corrected chi connectivity index (χ4v) is 5.72. The minimum absolute atomic E-state index is 0.256. The zero-order valence-corrected chi connectivity index (χ0v) is 15.6. The largest absolute Gasteiger partial charge is 0.366 e. The summed E-state index contributed by atoms with van der Waals surface area (Å²) in [5, 5.41) is 0. The number of rotatable bonds is 4. The van der Waals surface area contributed by atoms with Gasteiger partial charge < -0.3 is 4.74 Å². The Bertz CT molecular complexity index is 855. The van der Waals surface area contributed by atoms with E-state index in [4.69, 9.17) is 4.74 Å². The summed E-state index contributed by atoms with van der Waals surface area (Å²) >= 11 is 0. The van der Waals surface area contributed by atoms with Crippen LogP contribution in [-0.2, 0) is 23.2 Å². The number of hydrogen-bond donors (Lipinski definition) is 0. The number of nitrogens with zero attached hydrogens (tertiary/aromatic N) is 1. The van der Waals surface area contributed by atoms with Gasteiger partial charge in [-0.2, -0.15) is 0 Å². The molecule has 2 aromatic carbocycles. The first-order valence-electron chi connectivity index (χ1n) is 9.92. The van der Waals surface area contributed by atoms with Crippen LogP contribution in [0.5, 0.6) is 0 Å². The van der Waals surface area contributed by atoms with Gasteiger partial charge in [0.05, 0.1) is 0 Å². The van der Waals surface area contributed by atoms with E-state index in [1.54, 1.807) is 11.1 Å². The molecule has 0 spiro atoms. The highest BCUT2D eigenvalue weighted by molar-refractivity contribution is 5.88. The van der Waals surface area contributed by atoms with Crippen LogP contribution in [0.15, 0.2) is 30.3 Å². The van der Waals surface area contributed by atoms with E-state index in [1.165, 1.54) is 40.8 Å². The fraction of sp³-hybridized carbons (Fsp3) is 0.478. The molecule has 25 heavy (non-hydrogen) atoms. The topological polar surface area (TPSA) is 12.5 Å². The molecule has 0 saturated heterocycles. The van der Waals surface area contributed by atoms with Gasteiger partial charge in [0.15, 0.2) is 0 Å². The number of ether oxygens (including phenoxy) is 1.